The van der Waals surface area contributed by atoms with E-state index in [4.69, 9.17) is 5.73 Å². The minimum absolute atomic E-state index is 0.00673. The van der Waals surface area contributed by atoms with Crippen molar-refractivity contribution in [3.05, 3.63) is 34.9 Å². The third-order valence-electron chi connectivity index (χ3n) is 3.44. The molecule has 1 amide bonds. The molecule has 0 heterocycles. The van der Waals surface area contributed by atoms with Crippen LogP contribution in [0.4, 0.5) is 0 Å². The van der Waals surface area contributed by atoms with E-state index in [2.05, 4.69) is 31.3 Å². The Kier molecular flexibility index (Phi) is 6.38. The van der Waals surface area contributed by atoms with Crippen molar-refractivity contribution >= 4 is 17.7 Å². The highest BCUT2D eigenvalue weighted by Crippen LogP contribution is 2.20. The molecule has 1 aromatic carbocycles. The van der Waals surface area contributed by atoms with E-state index < -0.39 is 6.04 Å². The highest BCUT2D eigenvalue weighted by molar-refractivity contribution is 7.98. The van der Waals surface area contributed by atoms with Gasteiger partial charge in [0.1, 0.15) is 0 Å². The Morgan fingerprint density at radius 2 is 2.11 bits per heavy atom. The SMILES string of the molecule is CSCC[C@H](N)C(=O)NC(C)c1cccc(C)c1C. The second-order valence-electron chi connectivity index (χ2n) is 4.91. The molecule has 0 saturated carbocycles. The van der Waals surface area contributed by atoms with Gasteiger partial charge in [-0.1, -0.05) is 18.2 Å². The summed E-state index contributed by atoms with van der Waals surface area (Å²) in [6.07, 6.45) is 2.73. The monoisotopic (exact) mass is 280 g/mol. The molecular formula is C15H24N2OS. The highest BCUT2D eigenvalue weighted by atomic mass is 32.2. The maximum atomic E-state index is 12.0. The summed E-state index contributed by atoms with van der Waals surface area (Å²) in [6.45, 7) is 6.17. The van der Waals surface area contributed by atoms with Gasteiger partial charge in [-0.15, -0.1) is 0 Å². The molecule has 0 radical (unpaired) electrons. The predicted molar refractivity (Wildman–Crippen MR) is 83.4 cm³/mol. The van der Waals surface area contributed by atoms with E-state index in [9.17, 15) is 4.79 Å². The van der Waals surface area contributed by atoms with E-state index in [1.807, 2.05) is 19.2 Å². The van der Waals surface area contributed by atoms with Crippen molar-refractivity contribution in [2.24, 2.45) is 5.73 Å². The van der Waals surface area contributed by atoms with Crippen LogP contribution in [0.3, 0.4) is 0 Å². The van der Waals surface area contributed by atoms with Crippen molar-refractivity contribution in [2.75, 3.05) is 12.0 Å². The summed E-state index contributed by atoms with van der Waals surface area (Å²) < 4.78 is 0. The van der Waals surface area contributed by atoms with Gasteiger partial charge in [0, 0.05) is 0 Å². The summed E-state index contributed by atoms with van der Waals surface area (Å²) in [4.78, 5) is 12.0. The quantitative estimate of drug-likeness (QED) is 0.842. The predicted octanol–water partition coefficient (Wildman–Crippen LogP) is 2.56. The smallest absolute Gasteiger partial charge is 0.237 e. The molecule has 0 aromatic heterocycles. The van der Waals surface area contributed by atoms with E-state index in [1.165, 1.54) is 11.1 Å². The van der Waals surface area contributed by atoms with Crippen LogP contribution >= 0.6 is 11.8 Å². The molecule has 1 unspecified atom stereocenters. The third kappa shape index (κ3) is 4.55. The van der Waals surface area contributed by atoms with Crippen LogP contribution in [-0.2, 0) is 4.79 Å². The van der Waals surface area contributed by atoms with Gasteiger partial charge < -0.3 is 11.1 Å². The number of hydrogen-bond donors (Lipinski definition) is 2. The summed E-state index contributed by atoms with van der Waals surface area (Å²) in [7, 11) is 0. The number of rotatable bonds is 6. The van der Waals surface area contributed by atoms with Crippen LogP contribution in [0.2, 0.25) is 0 Å². The zero-order valence-corrected chi connectivity index (χ0v) is 13.0. The lowest BCUT2D eigenvalue weighted by atomic mass is 9.98. The number of nitrogens with two attached hydrogens (primary N) is 1. The molecule has 106 valence electrons. The van der Waals surface area contributed by atoms with Crippen molar-refractivity contribution < 1.29 is 4.79 Å². The van der Waals surface area contributed by atoms with Crippen LogP contribution in [0.1, 0.15) is 36.1 Å². The minimum Gasteiger partial charge on any atom is -0.348 e. The molecule has 1 aromatic rings. The fourth-order valence-corrected chi connectivity index (χ4v) is 2.51. The van der Waals surface area contributed by atoms with Crippen molar-refractivity contribution in [1.29, 1.82) is 0 Å². The molecule has 2 atom stereocenters. The second kappa shape index (κ2) is 7.56. The Morgan fingerprint density at radius 1 is 1.42 bits per heavy atom. The van der Waals surface area contributed by atoms with E-state index in [0.717, 1.165) is 11.3 Å². The van der Waals surface area contributed by atoms with Crippen molar-refractivity contribution in [3.63, 3.8) is 0 Å². The lowest BCUT2D eigenvalue weighted by Gasteiger charge is -2.20. The first kappa shape index (κ1) is 16.1. The number of aryl methyl sites for hydroxylation is 1. The average Bonchev–Trinajstić information content (AvgIpc) is 2.38. The van der Waals surface area contributed by atoms with Crippen LogP contribution in [0.5, 0.6) is 0 Å². The zero-order valence-electron chi connectivity index (χ0n) is 12.2. The molecule has 0 spiro atoms. The number of amides is 1. The Labute approximate surface area is 120 Å². The maximum Gasteiger partial charge on any atom is 0.237 e. The van der Waals surface area contributed by atoms with E-state index in [1.54, 1.807) is 11.8 Å². The van der Waals surface area contributed by atoms with Gasteiger partial charge in [0.15, 0.2) is 0 Å². The minimum atomic E-state index is -0.417. The third-order valence-corrected chi connectivity index (χ3v) is 4.09. The second-order valence-corrected chi connectivity index (χ2v) is 5.89. The van der Waals surface area contributed by atoms with Gasteiger partial charge in [0.05, 0.1) is 12.1 Å². The summed E-state index contributed by atoms with van der Waals surface area (Å²) >= 11 is 1.71. The maximum absolute atomic E-state index is 12.0. The number of thioether (sulfide) groups is 1. The molecule has 3 N–H and O–H groups in total. The summed E-state index contributed by atoms with van der Waals surface area (Å²) in [5, 5.41) is 3.00. The van der Waals surface area contributed by atoms with E-state index in [-0.39, 0.29) is 11.9 Å². The first-order valence-electron chi connectivity index (χ1n) is 6.58. The van der Waals surface area contributed by atoms with Gasteiger partial charge in [-0.3, -0.25) is 4.79 Å². The number of hydrogen-bond acceptors (Lipinski definition) is 3. The van der Waals surface area contributed by atoms with Gasteiger partial charge >= 0.3 is 0 Å². The molecular weight excluding hydrogens is 256 g/mol. The Hall–Kier alpha value is -1.00. The first-order chi connectivity index (χ1) is 8.97. The molecule has 0 aliphatic heterocycles. The summed E-state index contributed by atoms with van der Waals surface area (Å²) in [5.41, 5.74) is 9.50. The van der Waals surface area contributed by atoms with Crippen molar-refractivity contribution in [3.8, 4) is 0 Å². The molecule has 3 nitrogen and oxygen atoms in total. The molecule has 19 heavy (non-hydrogen) atoms. The van der Waals surface area contributed by atoms with Gasteiger partial charge in [0.25, 0.3) is 0 Å². The molecule has 0 aliphatic rings. The van der Waals surface area contributed by atoms with Crippen LogP contribution in [-0.4, -0.2) is 24.0 Å². The average molecular weight is 280 g/mol. The standard InChI is InChI=1S/C15H24N2OS/c1-10-6-5-7-13(11(10)2)12(3)17-15(18)14(16)8-9-19-4/h5-7,12,14H,8-9,16H2,1-4H3,(H,17,18)/t12?,14-/m0/s1. The van der Waals surface area contributed by atoms with Crippen molar-refractivity contribution in [1.82, 2.24) is 5.32 Å². The molecule has 4 heteroatoms. The normalized spacial score (nSPS) is 13.9. The van der Waals surface area contributed by atoms with Crippen LogP contribution < -0.4 is 11.1 Å². The number of nitrogens with one attached hydrogen (secondary N) is 1. The number of benzene rings is 1. The first-order valence-corrected chi connectivity index (χ1v) is 7.97. The Morgan fingerprint density at radius 3 is 2.74 bits per heavy atom. The Bertz CT molecular complexity index is 434. The molecule has 0 saturated heterocycles. The fourth-order valence-electron chi connectivity index (χ4n) is 2.02. The lowest BCUT2D eigenvalue weighted by Crippen LogP contribution is -2.42. The van der Waals surface area contributed by atoms with Gasteiger partial charge in [-0.05, 0) is 55.9 Å². The number of carbonyl (C=O) groups excluding carboxylic acids is 1. The molecule has 0 aliphatic carbocycles. The Balaban J connectivity index is 2.66. The molecule has 0 bridgehead atoms. The van der Waals surface area contributed by atoms with E-state index in [0.29, 0.717) is 6.42 Å². The lowest BCUT2D eigenvalue weighted by molar-refractivity contribution is -0.123. The van der Waals surface area contributed by atoms with E-state index >= 15 is 0 Å². The van der Waals surface area contributed by atoms with Crippen LogP contribution in [0.25, 0.3) is 0 Å². The van der Waals surface area contributed by atoms with Gasteiger partial charge in [-0.2, -0.15) is 11.8 Å². The molecule has 1 rings (SSSR count). The number of carbonyl (C=O) groups is 1. The van der Waals surface area contributed by atoms with Gasteiger partial charge in [-0.25, -0.2) is 0 Å². The summed E-state index contributed by atoms with van der Waals surface area (Å²) in [6, 6.07) is 5.74. The van der Waals surface area contributed by atoms with Gasteiger partial charge in [0.2, 0.25) is 5.91 Å². The van der Waals surface area contributed by atoms with Crippen LogP contribution in [0.15, 0.2) is 18.2 Å². The highest BCUT2D eigenvalue weighted by Gasteiger charge is 2.17. The molecule has 0 fully saturated rings. The van der Waals surface area contributed by atoms with Crippen LogP contribution in [0, 0.1) is 13.8 Å². The topological polar surface area (TPSA) is 55.1 Å². The fraction of sp³-hybridized carbons (Fsp3) is 0.533. The zero-order chi connectivity index (χ0) is 14.4. The largest absolute Gasteiger partial charge is 0.348 e. The van der Waals surface area contributed by atoms with Crippen molar-refractivity contribution in [2.45, 2.75) is 39.3 Å². The summed E-state index contributed by atoms with van der Waals surface area (Å²) in [5.74, 6) is 0.842.